The second-order valence-electron chi connectivity index (χ2n) is 9.01. The molecule has 188 valence electrons. The molecule has 1 amide bonds. The number of H-pyrrole nitrogens is 1. The van der Waals surface area contributed by atoms with Gasteiger partial charge in [-0.05, 0) is 32.2 Å². The van der Waals surface area contributed by atoms with Gasteiger partial charge in [0.2, 0.25) is 0 Å². The lowest BCUT2D eigenvalue weighted by Gasteiger charge is -2.38. The van der Waals surface area contributed by atoms with Crippen molar-refractivity contribution in [3.63, 3.8) is 0 Å². The largest absolute Gasteiger partial charge is 0.488 e. The Morgan fingerprint density at radius 1 is 1.19 bits per heavy atom. The highest BCUT2D eigenvalue weighted by atomic mass is 19.1. The summed E-state index contributed by atoms with van der Waals surface area (Å²) in [4.78, 5) is 17.1. The van der Waals surface area contributed by atoms with Crippen molar-refractivity contribution in [3.05, 3.63) is 53.8 Å². The molecule has 1 aliphatic heterocycles. The molecule has 5 rings (SSSR count). The predicted molar refractivity (Wildman–Crippen MR) is 132 cm³/mol. The summed E-state index contributed by atoms with van der Waals surface area (Å²) in [5.41, 5.74) is 3.08. The van der Waals surface area contributed by atoms with E-state index in [-0.39, 0.29) is 24.3 Å². The van der Waals surface area contributed by atoms with E-state index in [1.54, 1.807) is 19.2 Å². The van der Waals surface area contributed by atoms with Crippen molar-refractivity contribution in [1.29, 1.82) is 0 Å². The number of nitrogens with one attached hydrogen (secondary N) is 1. The standard InChI is InChI=1S/C26H28FN5O4/c1-16-15-31(2)8-9-32(16)26(33)18-6-4-17(5-7-18)21-13-24(36-30-21)25-19-12-20(27)23(35-11-10-34-3)14-22(19)28-29-25/h4-7,12-14,16H,8-11,15H2,1-3H3,(H,28,29)/t16-/m0/s1. The number of fused-ring (bicyclic) bond motifs is 1. The van der Waals surface area contributed by atoms with Crippen LogP contribution >= 0.6 is 0 Å². The van der Waals surface area contributed by atoms with E-state index in [2.05, 4.69) is 34.2 Å². The fourth-order valence-corrected chi connectivity index (χ4v) is 4.47. The minimum atomic E-state index is -0.504. The van der Waals surface area contributed by atoms with E-state index in [9.17, 15) is 9.18 Å². The first-order valence-electron chi connectivity index (χ1n) is 11.8. The molecule has 1 atom stereocenters. The van der Waals surface area contributed by atoms with Gasteiger partial charge in [-0.3, -0.25) is 9.89 Å². The molecule has 1 aliphatic rings. The number of benzene rings is 2. The molecule has 3 heterocycles. The number of piperazine rings is 1. The zero-order chi connectivity index (χ0) is 25.2. The zero-order valence-corrected chi connectivity index (χ0v) is 20.5. The number of nitrogens with zero attached hydrogens (tertiary/aromatic N) is 4. The SMILES string of the molecule is COCCOc1cc2[nH]nc(-c3cc(-c4ccc(C(=O)N5CCN(C)C[C@@H]5C)cc4)no3)c2cc1F. The molecule has 2 aromatic heterocycles. The smallest absolute Gasteiger partial charge is 0.254 e. The quantitative estimate of drug-likeness (QED) is 0.391. The highest BCUT2D eigenvalue weighted by molar-refractivity contribution is 5.95. The van der Waals surface area contributed by atoms with Crippen molar-refractivity contribution in [2.75, 3.05) is 47.0 Å². The Morgan fingerprint density at radius 2 is 2.00 bits per heavy atom. The van der Waals surface area contributed by atoms with Crippen LogP contribution in [0.5, 0.6) is 5.75 Å². The Balaban J connectivity index is 1.34. The van der Waals surface area contributed by atoms with Gasteiger partial charge >= 0.3 is 0 Å². The second kappa shape index (κ2) is 10.1. The van der Waals surface area contributed by atoms with E-state index < -0.39 is 5.82 Å². The molecule has 0 unspecified atom stereocenters. The number of likely N-dealkylation sites (N-methyl/N-ethyl adjacent to an activating group) is 1. The average Bonchev–Trinajstić information content (AvgIpc) is 3.51. The number of carbonyl (C=O) groups excluding carboxylic acids is 1. The number of hydrogen-bond donors (Lipinski definition) is 1. The summed E-state index contributed by atoms with van der Waals surface area (Å²) >= 11 is 0. The lowest BCUT2D eigenvalue weighted by molar-refractivity contribution is 0.0533. The number of aromatic amines is 1. The third kappa shape index (κ3) is 4.69. The third-order valence-electron chi connectivity index (χ3n) is 6.42. The minimum Gasteiger partial charge on any atom is -0.488 e. The topological polar surface area (TPSA) is 96.7 Å². The monoisotopic (exact) mass is 493 g/mol. The number of hydrogen-bond acceptors (Lipinski definition) is 7. The zero-order valence-electron chi connectivity index (χ0n) is 20.5. The maximum Gasteiger partial charge on any atom is 0.254 e. The molecule has 0 aliphatic carbocycles. The van der Waals surface area contributed by atoms with Crippen molar-refractivity contribution >= 4 is 16.8 Å². The van der Waals surface area contributed by atoms with E-state index in [1.807, 2.05) is 29.2 Å². The highest BCUT2D eigenvalue weighted by Crippen LogP contribution is 2.33. The molecule has 1 fully saturated rings. The first kappa shape index (κ1) is 24.0. The maximum absolute atomic E-state index is 14.6. The van der Waals surface area contributed by atoms with Crippen LogP contribution in [0, 0.1) is 5.82 Å². The number of amides is 1. The van der Waals surface area contributed by atoms with Crippen molar-refractivity contribution in [2.24, 2.45) is 0 Å². The van der Waals surface area contributed by atoms with Crippen LogP contribution in [-0.2, 0) is 4.74 Å². The highest BCUT2D eigenvalue weighted by Gasteiger charge is 2.26. The van der Waals surface area contributed by atoms with Gasteiger partial charge in [0.15, 0.2) is 17.3 Å². The van der Waals surface area contributed by atoms with Crippen LogP contribution in [0.1, 0.15) is 17.3 Å². The van der Waals surface area contributed by atoms with Crippen LogP contribution in [0.2, 0.25) is 0 Å². The summed E-state index contributed by atoms with van der Waals surface area (Å²) in [5.74, 6) is 0.0400. The number of aromatic nitrogens is 3. The van der Waals surface area contributed by atoms with E-state index in [0.717, 1.165) is 18.7 Å². The van der Waals surface area contributed by atoms with Crippen LogP contribution in [0.15, 0.2) is 47.0 Å². The maximum atomic E-state index is 14.6. The van der Waals surface area contributed by atoms with Gasteiger partial charge < -0.3 is 23.8 Å². The molecular weight excluding hydrogens is 465 g/mol. The number of methoxy groups -OCH3 is 1. The first-order valence-corrected chi connectivity index (χ1v) is 11.8. The Hall–Kier alpha value is -3.76. The molecule has 2 aromatic carbocycles. The van der Waals surface area contributed by atoms with Crippen molar-refractivity contribution < 1.29 is 23.2 Å². The molecule has 4 aromatic rings. The molecule has 0 spiro atoms. The number of halogens is 1. The van der Waals surface area contributed by atoms with E-state index >= 15 is 0 Å². The first-order chi connectivity index (χ1) is 17.4. The molecular formula is C26H28FN5O4. The van der Waals surface area contributed by atoms with E-state index in [0.29, 0.717) is 46.8 Å². The van der Waals surface area contributed by atoms with Crippen molar-refractivity contribution in [2.45, 2.75) is 13.0 Å². The summed E-state index contributed by atoms with van der Waals surface area (Å²) in [6.45, 7) is 5.10. The average molecular weight is 494 g/mol. The van der Waals surface area contributed by atoms with Crippen LogP contribution < -0.4 is 4.74 Å². The van der Waals surface area contributed by atoms with Gasteiger partial charge in [-0.15, -0.1) is 0 Å². The van der Waals surface area contributed by atoms with Gasteiger partial charge in [0.05, 0.1) is 12.1 Å². The van der Waals surface area contributed by atoms with Gasteiger partial charge in [0, 0.05) is 61.4 Å². The summed E-state index contributed by atoms with van der Waals surface area (Å²) in [5, 5.41) is 11.9. The molecule has 0 saturated carbocycles. The Morgan fingerprint density at radius 3 is 2.75 bits per heavy atom. The fourth-order valence-electron chi connectivity index (χ4n) is 4.47. The van der Waals surface area contributed by atoms with E-state index in [4.69, 9.17) is 14.0 Å². The number of carbonyl (C=O) groups is 1. The van der Waals surface area contributed by atoms with Gasteiger partial charge in [0.1, 0.15) is 18.0 Å². The fraction of sp³-hybridized carbons (Fsp3) is 0.346. The Bertz CT molecular complexity index is 1370. The molecule has 0 radical (unpaired) electrons. The Labute approximate surface area is 207 Å². The lowest BCUT2D eigenvalue weighted by Crippen LogP contribution is -2.52. The normalized spacial score (nSPS) is 16.6. The Kier molecular flexibility index (Phi) is 6.71. The van der Waals surface area contributed by atoms with Crippen molar-refractivity contribution in [3.8, 4) is 28.5 Å². The summed E-state index contributed by atoms with van der Waals surface area (Å²) in [7, 11) is 3.62. The molecule has 0 bridgehead atoms. The second-order valence-corrected chi connectivity index (χ2v) is 9.01. The van der Waals surface area contributed by atoms with Gasteiger partial charge in [0.25, 0.3) is 5.91 Å². The summed E-state index contributed by atoms with van der Waals surface area (Å²) < 4.78 is 30.5. The van der Waals surface area contributed by atoms with E-state index in [1.165, 1.54) is 6.07 Å². The predicted octanol–water partition coefficient (Wildman–Crippen LogP) is 3.83. The lowest BCUT2D eigenvalue weighted by atomic mass is 10.1. The molecule has 36 heavy (non-hydrogen) atoms. The van der Waals surface area contributed by atoms with Crippen LogP contribution in [0.3, 0.4) is 0 Å². The molecule has 1 N–H and O–H groups in total. The minimum absolute atomic E-state index is 0.0265. The van der Waals surface area contributed by atoms with Gasteiger partial charge in [-0.25, -0.2) is 4.39 Å². The molecule has 10 heteroatoms. The van der Waals surface area contributed by atoms with Gasteiger partial charge in [-0.1, -0.05) is 17.3 Å². The van der Waals surface area contributed by atoms with Crippen molar-refractivity contribution in [1.82, 2.24) is 25.2 Å². The number of ether oxygens (including phenoxy) is 2. The van der Waals surface area contributed by atoms with Crippen LogP contribution in [0.4, 0.5) is 4.39 Å². The number of rotatable bonds is 7. The molecule has 9 nitrogen and oxygen atoms in total. The third-order valence-corrected chi connectivity index (χ3v) is 6.42. The summed E-state index contributed by atoms with van der Waals surface area (Å²) in [6.07, 6.45) is 0. The van der Waals surface area contributed by atoms with Crippen LogP contribution in [-0.4, -0.2) is 84.1 Å². The molecule has 1 saturated heterocycles. The van der Waals surface area contributed by atoms with Crippen LogP contribution in [0.25, 0.3) is 33.6 Å². The van der Waals surface area contributed by atoms with Gasteiger partial charge in [-0.2, -0.15) is 5.10 Å². The summed E-state index contributed by atoms with van der Waals surface area (Å²) in [6, 6.07) is 12.1.